The van der Waals surface area contributed by atoms with E-state index in [9.17, 15) is 4.79 Å². The molecule has 5 nitrogen and oxygen atoms in total. The maximum Gasteiger partial charge on any atom is 0.255 e. The molecule has 0 saturated heterocycles. The number of amides is 1. The van der Waals surface area contributed by atoms with Gasteiger partial charge in [-0.2, -0.15) is 0 Å². The lowest BCUT2D eigenvalue weighted by molar-refractivity contribution is 0.102. The van der Waals surface area contributed by atoms with Gasteiger partial charge in [0.2, 0.25) is 0 Å². The molecule has 0 aromatic heterocycles. The molecule has 0 heterocycles. The SMILES string of the molecule is CCCOc1ccc(C(=O)Nc2cccc(OC)c2)cc1OCC. The molecule has 2 rings (SSSR count). The first-order valence-electron chi connectivity index (χ1n) is 8.03. The molecular formula is C19H23NO4. The fourth-order valence-corrected chi connectivity index (χ4v) is 2.15. The second-order valence-corrected chi connectivity index (χ2v) is 5.13. The monoisotopic (exact) mass is 329 g/mol. The summed E-state index contributed by atoms with van der Waals surface area (Å²) >= 11 is 0. The number of carbonyl (C=O) groups excluding carboxylic acids is 1. The van der Waals surface area contributed by atoms with Crippen molar-refractivity contribution in [1.82, 2.24) is 0 Å². The molecule has 0 unspecified atom stereocenters. The van der Waals surface area contributed by atoms with Gasteiger partial charge in [-0.1, -0.05) is 13.0 Å². The largest absolute Gasteiger partial charge is 0.497 e. The molecular weight excluding hydrogens is 306 g/mol. The van der Waals surface area contributed by atoms with Crippen molar-refractivity contribution in [2.24, 2.45) is 0 Å². The Kier molecular flexibility index (Phi) is 6.49. The van der Waals surface area contributed by atoms with Crippen LogP contribution in [0.1, 0.15) is 30.6 Å². The van der Waals surface area contributed by atoms with Crippen LogP contribution in [-0.2, 0) is 0 Å². The summed E-state index contributed by atoms with van der Waals surface area (Å²) in [4.78, 5) is 12.4. The van der Waals surface area contributed by atoms with E-state index < -0.39 is 0 Å². The second kappa shape index (κ2) is 8.82. The van der Waals surface area contributed by atoms with Gasteiger partial charge in [0.25, 0.3) is 5.91 Å². The van der Waals surface area contributed by atoms with Crippen LogP contribution in [0.4, 0.5) is 5.69 Å². The summed E-state index contributed by atoms with van der Waals surface area (Å²) in [5.74, 6) is 1.69. The van der Waals surface area contributed by atoms with Gasteiger partial charge in [-0.3, -0.25) is 4.79 Å². The average Bonchev–Trinajstić information content (AvgIpc) is 2.61. The lowest BCUT2D eigenvalue weighted by atomic mass is 10.1. The van der Waals surface area contributed by atoms with Crippen molar-refractivity contribution >= 4 is 11.6 Å². The van der Waals surface area contributed by atoms with E-state index in [4.69, 9.17) is 14.2 Å². The Morgan fingerprint density at radius 2 is 1.88 bits per heavy atom. The number of anilines is 1. The van der Waals surface area contributed by atoms with E-state index in [2.05, 4.69) is 5.32 Å². The van der Waals surface area contributed by atoms with Gasteiger partial charge in [0.15, 0.2) is 11.5 Å². The van der Waals surface area contributed by atoms with Crippen molar-refractivity contribution in [3.05, 3.63) is 48.0 Å². The van der Waals surface area contributed by atoms with Gasteiger partial charge in [-0.25, -0.2) is 0 Å². The Balaban J connectivity index is 2.17. The molecule has 0 bridgehead atoms. The van der Waals surface area contributed by atoms with Gasteiger partial charge >= 0.3 is 0 Å². The molecule has 0 aliphatic carbocycles. The zero-order valence-corrected chi connectivity index (χ0v) is 14.3. The second-order valence-electron chi connectivity index (χ2n) is 5.13. The number of hydrogen-bond acceptors (Lipinski definition) is 4. The van der Waals surface area contributed by atoms with Crippen LogP contribution in [0.15, 0.2) is 42.5 Å². The summed E-state index contributed by atoms with van der Waals surface area (Å²) in [6.07, 6.45) is 0.906. The quantitative estimate of drug-likeness (QED) is 0.791. The Bertz CT molecular complexity index is 685. The summed E-state index contributed by atoms with van der Waals surface area (Å²) < 4.78 is 16.4. The van der Waals surface area contributed by atoms with Gasteiger partial charge < -0.3 is 19.5 Å². The Morgan fingerprint density at radius 1 is 1.04 bits per heavy atom. The maximum absolute atomic E-state index is 12.4. The number of benzene rings is 2. The lowest BCUT2D eigenvalue weighted by Gasteiger charge is -2.13. The van der Waals surface area contributed by atoms with Crippen molar-refractivity contribution < 1.29 is 19.0 Å². The van der Waals surface area contributed by atoms with Crippen LogP contribution in [0.2, 0.25) is 0 Å². The third kappa shape index (κ3) is 4.65. The molecule has 0 fully saturated rings. The smallest absolute Gasteiger partial charge is 0.255 e. The highest BCUT2D eigenvalue weighted by molar-refractivity contribution is 6.04. The standard InChI is InChI=1S/C19H23NO4/c1-4-11-24-17-10-9-14(12-18(17)23-5-2)19(21)20-15-7-6-8-16(13-15)22-3/h6-10,12-13H,4-5,11H2,1-3H3,(H,20,21). The van der Waals surface area contributed by atoms with Gasteiger partial charge in [0.05, 0.1) is 20.3 Å². The molecule has 0 aliphatic heterocycles. The molecule has 0 saturated carbocycles. The molecule has 0 spiro atoms. The summed E-state index contributed by atoms with van der Waals surface area (Å²) in [7, 11) is 1.59. The molecule has 1 amide bonds. The fraction of sp³-hybridized carbons (Fsp3) is 0.316. The average molecular weight is 329 g/mol. The highest BCUT2D eigenvalue weighted by Gasteiger charge is 2.12. The van der Waals surface area contributed by atoms with E-state index in [1.165, 1.54) is 0 Å². The summed E-state index contributed by atoms with van der Waals surface area (Å²) in [6.45, 7) is 5.04. The summed E-state index contributed by atoms with van der Waals surface area (Å²) in [5, 5.41) is 2.85. The molecule has 0 aliphatic rings. The molecule has 2 aromatic carbocycles. The van der Waals surface area contributed by atoms with E-state index in [0.29, 0.717) is 41.7 Å². The number of hydrogen-bond donors (Lipinski definition) is 1. The van der Waals surface area contributed by atoms with E-state index in [1.807, 2.05) is 32.0 Å². The van der Waals surface area contributed by atoms with Crippen LogP contribution in [0.3, 0.4) is 0 Å². The van der Waals surface area contributed by atoms with Gasteiger partial charge in [0, 0.05) is 17.3 Å². The number of carbonyl (C=O) groups is 1. The highest BCUT2D eigenvalue weighted by Crippen LogP contribution is 2.29. The summed E-state index contributed by atoms with van der Waals surface area (Å²) in [6, 6.07) is 12.4. The van der Waals surface area contributed by atoms with Crippen molar-refractivity contribution in [3.63, 3.8) is 0 Å². The Labute approximate surface area is 142 Å². The molecule has 24 heavy (non-hydrogen) atoms. The van der Waals surface area contributed by atoms with E-state index in [-0.39, 0.29) is 5.91 Å². The molecule has 128 valence electrons. The van der Waals surface area contributed by atoms with Crippen molar-refractivity contribution in [2.45, 2.75) is 20.3 Å². The van der Waals surface area contributed by atoms with Crippen LogP contribution < -0.4 is 19.5 Å². The third-order valence-corrected chi connectivity index (χ3v) is 3.30. The number of rotatable bonds is 8. The lowest BCUT2D eigenvalue weighted by Crippen LogP contribution is -2.12. The van der Waals surface area contributed by atoms with Gasteiger partial charge in [-0.05, 0) is 43.7 Å². The van der Waals surface area contributed by atoms with Crippen LogP contribution in [0.5, 0.6) is 17.2 Å². The van der Waals surface area contributed by atoms with E-state index in [1.54, 1.807) is 31.4 Å². The van der Waals surface area contributed by atoms with Gasteiger partial charge in [-0.15, -0.1) is 0 Å². The maximum atomic E-state index is 12.4. The minimum Gasteiger partial charge on any atom is -0.497 e. The van der Waals surface area contributed by atoms with Crippen molar-refractivity contribution in [1.29, 1.82) is 0 Å². The molecule has 1 N–H and O–H groups in total. The fourth-order valence-electron chi connectivity index (χ4n) is 2.15. The zero-order chi connectivity index (χ0) is 17.4. The van der Waals surface area contributed by atoms with E-state index in [0.717, 1.165) is 6.42 Å². The molecule has 0 atom stereocenters. The molecule has 5 heteroatoms. The van der Waals surface area contributed by atoms with Crippen molar-refractivity contribution in [2.75, 3.05) is 25.6 Å². The Hall–Kier alpha value is -2.69. The first-order chi connectivity index (χ1) is 11.7. The van der Waals surface area contributed by atoms with E-state index >= 15 is 0 Å². The molecule has 2 aromatic rings. The van der Waals surface area contributed by atoms with Gasteiger partial charge in [0.1, 0.15) is 5.75 Å². The summed E-state index contributed by atoms with van der Waals surface area (Å²) in [5.41, 5.74) is 1.17. The van der Waals surface area contributed by atoms with Crippen LogP contribution >= 0.6 is 0 Å². The predicted octanol–water partition coefficient (Wildman–Crippen LogP) is 4.14. The molecule has 0 radical (unpaired) electrons. The third-order valence-electron chi connectivity index (χ3n) is 3.30. The number of nitrogens with one attached hydrogen (secondary N) is 1. The van der Waals surface area contributed by atoms with Crippen LogP contribution in [0, 0.1) is 0 Å². The first kappa shape index (κ1) is 17.7. The first-order valence-corrected chi connectivity index (χ1v) is 8.03. The topological polar surface area (TPSA) is 56.8 Å². The number of ether oxygens (including phenoxy) is 3. The normalized spacial score (nSPS) is 10.1. The minimum absolute atomic E-state index is 0.216. The van der Waals surface area contributed by atoms with Crippen molar-refractivity contribution in [3.8, 4) is 17.2 Å². The van der Waals surface area contributed by atoms with Crippen LogP contribution in [0.25, 0.3) is 0 Å². The highest BCUT2D eigenvalue weighted by atomic mass is 16.5. The predicted molar refractivity (Wildman–Crippen MR) is 94.3 cm³/mol. The van der Waals surface area contributed by atoms with Crippen LogP contribution in [-0.4, -0.2) is 26.2 Å². The zero-order valence-electron chi connectivity index (χ0n) is 14.3. The Morgan fingerprint density at radius 3 is 2.58 bits per heavy atom. The number of methoxy groups -OCH3 is 1. The minimum atomic E-state index is -0.216.